The zero-order chi connectivity index (χ0) is 16.9. The lowest BCUT2D eigenvalue weighted by molar-refractivity contribution is -0.384. The zero-order valence-corrected chi connectivity index (χ0v) is 12.0. The molecule has 1 saturated heterocycles. The largest absolute Gasteiger partial charge is 0.294 e. The normalized spacial score (nSPS) is 23.8. The number of non-ortho nitro benzene ring substituents is 1. The Morgan fingerprint density at radius 1 is 1.17 bits per heavy atom. The summed E-state index contributed by atoms with van der Waals surface area (Å²) in [5.41, 5.74) is -1.93. The topological polar surface area (TPSA) is 127 Å². The summed E-state index contributed by atoms with van der Waals surface area (Å²) in [6.07, 6.45) is 0.00101. The van der Waals surface area contributed by atoms with E-state index in [0.29, 0.717) is 0 Å². The first kappa shape index (κ1) is 14.8. The van der Waals surface area contributed by atoms with Gasteiger partial charge in [-0.3, -0.25) is 39.5 Å². The number of carbonyl (C=O) groups excluding carboxylic acids is 4. The number of hydrogen-bond acceptors (Lipinski definition) is 6. The predicted octanol–water partition coefficient (Wildman–Crippen LogP) is 0.386. The van der Waals surface area contributed by atoms with Crippen molar-refractivity contribution in [1.29, 1.82) is 0 Å². The molecule has 9 nitrogen and oxygen atoms in total. The Morgan fingerprint density at radius 2 is 1.83 bits per heavy atom. The molecule has 0 unspecified atom stereocenters. The molecule has 0 bridgehead atoms. The molecule has 0 saturated carbocycles. The van der Waals surface area contributed by atoms with Crippen molar-refractivity contribution in [2.24, 2.45) is 0 Å². The van der Waals surface area contributed by atoms with Crippen molar-refractivity contribution in [2.45, 2.75) is 25.3 Å². The maximum absolute atomic E-state index is 12.5. The maximum Gasteiger partial charge on any atom is 0.270 e. The van der Waals surface area contributed by atoms with Gasteiger partial charge >= 0.3 is 0 Å². The van der Waals surface area contributed by atoms with Crippen LogP contribution in [0, 0.1) is 10.1 Å². The first-order chi connectivity index (χ1) is 10.8. The van der Waals surface area contributed by atoms with Gasteiger partial charge in [0.25, 0.3) is 23.4 Å². The lowest BCUT2D eigenvalue weighted by Gasteiger charge is -2.38. The highest BCUT2D eigenvalue weighted by Crippen LogP contribution is 2.35. The fourth-order valence-corrected chi connectivity index (χ4v) is 2.80. The molecule has 1 aromatic rings. The minimum Gasteiger partial charge on any atom is -0.294 e. The highest BCUT2D eigenvalue weighted by atomic mass is 16.6. The second kappa shape index (κ2) is 4.70. The molecule has 1 fully saturated rings. The molecule has 9 heteroatoms. The van der Waals surface area contributed by atoms with Gasteiger partial charge in [0, 0.05) is 18.6 Å². The van der Waals surface area contributed by atoms with Crippen LogP contribution in [0.25, 0.3) is 0 Å². The quantitative estimate of drug-likeness (QED) is 0.477. The highest BCUT2D eigenvalue weighted by molar-refractivity contribution is 6.24. The minimum absolute atomic E-state index is 0.00417. The van der Waals surface area contributed by atoms with E-state index < -0.39 is 34.1 Å². The number of imide groups is 2. The molecule has 2 aliphatic heterocycles. The summed E-state index contributed by atoms with van der Waals surface area (Å²) in [6, 6.07) is 3.34. The van der Waals surface area contributed by atoms with Gasteiger partial charge in [-0.1, -0.05) is 0 Å². The van der Waals surface area contributed by atoms with Gasteiger partial charge in [0.1, 0.15) is 5.54 Å². The van der Waals surface area contributed by atoms with Crippen molar-refractivity contribution in [3.63, 3.8) is 0 Å². The molecule has 118 valence electrons. The van der Waals surface area contributed by atoms with Crippen LogP contribution in [0.3, 0.4) is 0 Å². The Kier molecular flexibility index (Phi) is 3.03. The van der Waals surface area contributed by atoms with E-state index in [1.165, 1.54) is 13.0 Å². The molecule has 2 aliphatic rings. The Hall–Kier alpha value is -3.10. The molecule has 1 aromatic carbocycles. The number of hydrogen-bond donors (Lipinski definition) is 1. The number of carbonyl (C=O) groups is 4. The third-order valence-corrected chi connectivity index (χ3v) is 4.16. The third kappa shape index (κ3) is 2.00. The fraction of sp³-hybridized carbons (Fsp3) is 0.286. The van der Waals surface area contributed by atoms with Gasteiger partial charge in [-0.25, -0.2) is 0 Å². The summed E-state index contributed by atoms with van der Waals surface area (Å²) < 4.78 is 0. The Balaban J connectivity index is 2.05. The molecule has 0 spiro atoms. The molecular formula is C14H11N3O6. The molecule has 0 aromatic heterocycles. The number of rotatable bonds is 2. The van der Waals surface area contributed by atoms with E-state index in [4.69, 9.17) is 0 Å². The lowest BCUT2D eigenvalue weighted by atomic mass is 9.89. The molecule has 1 N–H and O–H groups in total. The van der Waals surface area contributed by atoms with Gasteiger partial charge < -0.3 is 0 Å². The van der Waals surface area contributed by atoms with E-state index in [2.05, 4.69) is 5.32 Å². The van der Waals surface area contributed by atoms with Crippen molar-refractivity contribution >= 4 is 29.3 Å². The molecular weight excluding hydrogens is 306 g/mol. The molecule has 23 heavy (non-hydrogen) atoms. The van der Waals surface area contributed by atoms with Crippen molar-refractivity contribution in [2.75, 3.05) is 0 Å². The van der Waals surface area contributed by atoms with E-state index in [1.807, 2.05) is 0 Å². The van der Waals surface area contributed by atoms with Gasteiger partial charge in [0.2, 0.25) is 5.91 Å². The summed E-state index contributed by atoms with van der Waals surface area (Å²) >= 11 is 0. The van der Waals surface area contributed by atoms with Crippen LogP contribution in [0.4, 0.5) is 5.69 Å². The minimum atomic E-state index is -1.50. The van der Waals surface area contributed by atoms with Crippen LogP contribution >= 0.6 is 0 Å². The van der Waals surface area contributed by atoms with Crippen LogP contribution in [0.2, 0.25) is 0 Å². The monoisotopic (exact) mass is 317 g/mol. The molecule has 1 atom stereocenters. The summed E-state index contributed by atoms with van der Waals surface area (Å²) in [7, 11) is 0. The van der Waals surface area contributed by atoms with Crippen molar-refractivity contribution in [3.05, 3.63) is 39.4 Å². The number of nitro groups is 1. The number of benzene rings is 1. The average molecular weight is 317 g/mol. The second-order valence-corrected chi connectivity index (χ2v) is 5.58. The van der Waals surface area contributed by atoms with Crippen molar-refractivity contribution in [3.8, 4) is 0 Å². The summed E-state index contributed by atoms with van der Waals surface area (Å²) in [4.78, 5) is 59.4. The third-order valence-electron chi connectivity index (χ3n) is 4.16. The summed E-state index contributed by atoms with van der Waals surface area (Å²) in [5.74, 6) is -2.69. The van der Waals surface area contributed by atoms with Gasteiger partial charge in [0.05, 0.1) is 16.1 Å². The van der Waals surface area contributed by atoms with Crippen molar-refractivity contribution in [1.82, 2.24) is 10.2 Å². The van der Waals surface area contributed by atoms with Crippen LogP contribution in [-0.4, -0.2) is 39.0 Å². The van der Waals surface area contributed by atoms with E-state index >= 15 is 0 Å². The number of amides is 4. The van der Waals surface area contributed by atoms with Gasteiger partial charge in [0.15, 0.2) is 0 Å². The highest BCUT2D eigenvalue weighted by Gasteiger charge is 2.52. The number of piperidine rings is 1. The molecule has 3 rings (SSSR count). The van der Waals surface area contributed by atoms with Crippen LogP contribution in [0.1, 0.15) is 40.5 Å². The summed E-state index contributed by atoms with van der Waals surface area (Å²) in [6.45, 7) is 1.39. The van der Waals surface area contributed by atoms with Crippen LogP contribution < -0.4 is 5.32 Å². The number of nitrogens with one attached hydrogen (secondary N) is 1. The number of nitro benzene ring substituents is 1. The smallest absolute Gasteiger partial charge is 0.270 e. The molecule has 0 aliphatic carbocycles. The van der Waals surface area contributed by atoms with E-state index in [-0.39, 0.29) is 29.7 Å². The van der Waals surface area contributed by atoms with E-state index in [9.17, 15) is 29.3 Å². The van der Waals surface area contributed by atoms with E-state index in [1.54, 1.807) is 0 Å². The van der Waals surface area contributed by atoms with Crippen molar-refractivity contribution < 1.29 is 24.1 Å². The summed E-state index contributed by atoms with van der Waals surface area (Å²) in [5, 5.41) is 12.9. The van der Waals surface area contributed by atoms with Gasteiger partial charge in [-0.15, -0.1) is 0 Å². The fourth-order valence-electron chi connectivity index (χ4n) is 2.80. The SMILES string of the molecule is C[C@@]1(N2C(=O)c3ccc([N+](=O)[O-])cc3C2=O)CCC(=O)NC1=O. The van der Waals surface area contributed by atoms with Gasteiger partial charge in [-0.2, -0.15) is 0 Å². The first-order valence-electron chi connectivity index (χ1n) is 6.77. The van der Waals surface area contributed by atoms with Crippen LogP contribution in [-0.2, 0) is 9.59 Å². The Morgan fingerprint density at radius 3 is 2.43 bits per heavy atom. The zero-order valence-electron chi connectivity index (χ0n) is 12.0. The van der Waals surface area contributed by atoms with Gasteiger partial charge in [-0.05, 0) is 19.4 Å². The molecule has 4 amide bonds. The lowest BCUT2D eigenvalue weighted by Crippen LogP contribution is -2.62. The van der Waals surface area contributed by atoms with Crippen LogP contribution in [0.15, 0.2) is 18.2 Å². The molecule has 0 radical (unpaired) electrons. The predicted molar refractivity (Wildman–Crippen MR) is 74.4 cm³/mol. The number of nitrogens with zero attached hydrogens (tertiary/aromatic N) is 2. The second-order valence-electron chi connectivity index (χ2n) is 5.58. The Bertz CT molecular complexity index is 802. The average Bonchev–Trinajstić information content (AvgIpc) is 2.75. The number of fused-ring (bicyclic) bond motifs is 1. The Labute approximate surface area is 129 Å². The van der Waals surface area contributed by atoms with E-state index in [0.717, 1.165) is 17.0 Å². The maximum atomic E-state index is 12.5. The standard InChI is InChI=1S/C14H11N3O6/c1-14(5-4-10(18)15-13(14)21)16-11(19)8-3-2-7(17(22)23)6-9(8)12(16)20/h2-3,6H,4-5H2,1H3,(H,15,18,21)/t14-/m1/s1. The van der Waals surface area contributed by atoms with Crippen LogP contribution in [0.5, 0.6) is 0 Å². The molecule has 2 heterocycles. The first-order valence-corrected chi connectivity index (χ1v) is 6.77.